The summed E-state index contributed by atoms with van der Waals surface area (Å²) in [5.41, 5.74) is -0.926. The number of carbonyl (C=O) groups excluding carboxylic acids is 1. The van der Waals surface area contributed by atoms with E-state index in [0.29, 0.717) is 13.0 Å². The zero-order chi connectivity index (χ0) is 15.6. The number of nitrogens with one attached hydrogen (secondary N) is 2. The summed E-state index contributed by atoms with van der Waals surface area (Å²) < 4.78 is 44.2. The van der Waals surface area contributed by atoms with Gasteiger partial charge in [0.2, 0.25) is 0 Å². The van der Waals surface area contributed by atoms with Gasteiger partial charge in [0, 0.05) is 24.9 Å². The van der Waals surface area contributed by atoms with Crippen molar-refractivity contribution in [2.24, 2.45) is 0 Å². The second-order valence-electron chi connectivity index (χ2n) is 4.95. The van der Waals surface area contributed by atoms with Crippen LogP contribution in [0.2, 0.25) is 0 Å². The van der Waals surface area contributed by atoms with Crippen LogP contribution >= 0.6 is 0 Å². The summed E-state index contributed by atoms with van der Waals surface area (Å²) in [4.78, 5) is 12.1. The molecule has 0 saturated carbocycles. The summed E-state index contributed by atoms with van der Waals surface area (Å²) in [6.45, 7) is 2.36. The van der Waals surface area contributed by atoms with E-state index in [9.17, 15) is 18.0 Å². The Bertz CT molecular complexity index is 531. The van der Waals surface area contributed by atoms with Gasteiger partial charge in [0.15, 0.2) is 0 Å². The van der Waals surface area contributed by atoms with Crippen molar-refractivity contribution in [1.29, 1.82) is 0 Å². The molecule has 1 heterocycles. The minimum absolute atomic E-state index is 0.0135. The average molecular weight is 302 g/mol. The molecule has 1 aromatic rings. The molecule has 0 radical (unpaired) electrons. The lowest BCUT2D eigenvalue weighted by Crippen LogP contribution is -2.39. The van der Waals surface area contributed by atoms with Crippen LogP contribution in [0, 0.1) is 0 Å². The van der Waals surface area contributed by atoms with Gasteiger partial charge in [0.1, 0.15) is 0 Å². The van der Waals surface area contributed by atoms with Crippen LogP contribution in [0.25, 0.3) is 0 Å². The number of rotatable bonds is 3. The van der Waals surface area contributed by atoms with Crippen LogP contribution in [-0.4, -0.2) is 31.7 Å². The van der Waals surface area contributed by atoms with Crippen LogP contribution in [0.4, 0.5) is 18.9 Å². The van der Waals surface area contributed by atoms with Gasteiger partial charge in [-0.2, -0.15) is 13.2 Å². The van der Waals surface area contributed by atoms with Crippen molar-refractivity contribution < 1.29 is 22.7 Å². The second-order valence-corrected chi connectivity index (χ2v) is 4.95. The van der Waals surface area contributed by atoms with E-state index < -0.39 is 17.6 Å². The molecule has 1 aliphatic rings. The van der Waals surface area contributed by atoms with Crippen molar-refractivity contribution in [2.75, 3.05) is 19.0 Å². The van der Waals surface area contributed by atoms with Crippen LogP contribution in [0.1, 0.15) is 29.3 Å². The molecule has 2 atom stereocenters. The third kappa shape index (κ3) is 3.47. The summed E-state index contributed by atoms with van der Waals surface area (Å²) in [6, 6.07) is 3.32. The van der Waals surface area contributed by atoms with Crippen molar-refractivity contribution in [2.45, 2.75) is 31.7 Å². The number of anilines is 1. The fourth-order valence-corrected chi connectivity index (χ4v) is 2.31. The van der Waals surface area contributed by atoms with E-state index >= 15 is 0 Å². The molecule has 1 amide bonds. The number of amides is 1. The Morgan fingerprint density at radius 1 is 1.38 bits per heavy atom. The molecule has 0 aromatic heterocycles. The van der Waals surface area contributed by atoms with Crippen LogP contribution in [0.5, 0.6) is 0 Å². The van der Waals surface area contributed by atoms with Gasteiger partial charge in [-0.15, -0.1) is 0 Å². The third-order valence-corrected chi connectivity index (χ3v) is 3.55. The van der Waals surface area contributed by atoms with E-state index in [-0.39, 0.29) is 23.4 Å². The largest absolute Gasteiger partial charge is 0.418 e. The summed E-state index contributed by atoms with van der Waals surface area (Å²) >= 11 is 0. The van der Waals surface area contributed by atoms with Crippen molar-refractivity contribution in [3.05, 3.63) is 29.3 Å². The zero-order valence-corrected chi connectivity index (χ0v) is 11.8. The lowest BCUT2D eigenvalue weighted by Gasteiger charge is -2.17. The van der Waals surface area contributed by atoms with Gasteiger partial charge in [0.05, 0.1) is 17.7 Å². The van der Waals surface area contributed by atoms with Crippen molar-refractivity contribution >= 4 is 11.6 Å². The second kappa shape index (κ2) is 5.93. The first-order valence-electron chi connectivity index (χ1n) is 6.64. The Morgan fingerprint density at radius 2 is 2.10 bits per heavy atom. The van der Waals surface area contributed by atoms with Gasteiger partial charge in [0.25, 0.3) is 5.91 Å². The molecule has 4 nitrogen and oxygen atoms in total. The van der Waals surface area contributed by atoms with Crippen LogP contribution in [0.15, 0.2) is 18.2 Å². The van der Waals surface area contributed by atoms with E-state index in [1.165, 1.54) is 19.2 Å². The van der Waals surface area contributed by atoms with E-state index in [4.69, 9.17) is 4.74 Å². The number of alkyl halides is 3. The van der Waals surface area contributed by atoms with E-state index in [0.717, 1.165) is 6.07 Å². The molecule has 2 unspecified atom stereocenters. The number of halogens is 3. The first kappa shape index (κ1) is 15.6. The molecule has 1 aromatic carbocycles. The highest BCUT2D eigenvalue weighted by molar-refractivity contribution is 5.95. The molecule has 1 saturated heterocycles. The van der Waals surface area contributed by atoms with Gasteiger partial charge in [-0.25, -0.2) is 0 Å². The maximum atomic E-state index is 13.0. The maximum absolute atomic E-state index is 13.0. The number of ether oxygens (including phenoxy) is 1. The Kier molecular flexibility index (Phi) is 4.41. The molecule has 21 heavy (non-hydrogen) atoms. The lowest BCUT2D eigenvalue weighted by atomic mass is 10.1. The normalized spacial score (nSPS) is 22.1. The predicted octanol–water partition coefficient (Wildman–Crippen LogP) is 2.65. The molecule has 116 valence electrons. The molecule has 0 bridgehead atoms. The van der Waals surface area contributed by atoms with Crippen LogP contribution in [-0.2, 0) is 10.9 Å². The van der Waals surface area contributed by atoms with Gasteiger partial charge >= 0.3 is 6.18 Å². The van der Waals surface area contributed by atoms with Gasteiger partial charge in [-0.3, -0.25) is 4.79 Å². The summed E-state index contributed by atoms with van der Waals surface area (Å²) in [5.74, 6) is -0.523. The quantitative estimate of drug-likeness (QED) is 0.902. The number of carbonyl (C=O) groups is 1. The molecule has 7 heteroatoms. The minimum atomic E-state index is -4.52. The topological polar surface area (TPSA) is 50.4 Å². The fourth-order valence-electron chi connectivity index (χ4n) is 2.31. The molecule has 0 spiro atoms. The third-order valence-electron chi connectivity index (χ3n) is 3.55. The number of hydrogen-bond acceptors (Lipinski definition) is 3. The van der Waals surface area contributed by atoms with Crippen molar-refractivity contribution in [3.8, 4) is 0 Å². The first-order chi connectivity index (χ1) is 9.82. The molecule has 0 aliphatic carbocycles. The SMILES string of the molecule is CNc1ccc(C(=O)NC2CCOC2C)cc1C(F)(F)F. The molecule has 2 rings (SSSR count). The monoisotopic (exact) mass is 302 g/mol. The summed E-state index contributed by atoms with van der Waals surface area (Å²) in [5, 5.41) is 5.19. The molecular formula is C14H17F3N2O2. The fraction of sp³-hybridized carbons (Fsp3) is 0.500. The number of hydrogen-bond donors (Lipinski definition) is 2. The van der Waals surface area contributed by atoms with Crippen LogP contribution < -0.4 is 10.6 Å². The van der Waals surface area contributed by atoms with Gasteiger partial charge in [-0.1, -0.05) is 0 Å². The Labute approximate surface area is 120 Å². The van der Waals surface area contributed by atoms with Crippen molar-refractivity contribution in [3.63, 3.8) is 0 Å². The Balaban J connectivity index is 2.21. The minimum Gasteiger partial charge on any atom is -0.388 e. The molecule has 1 aliphatic heterocycles. The molecular weight excluding hydrogens is 285 g/mol. The summed E-state index contributed by atoms with van der Waals surface area (Å²) in [6.07, 6.45) is -3.99. The average Bonchev–Trinajstić information content (AvgIpc) is 2.82. The van der Waals surface area contributed by atoms with Gasteiger partial charge in [-0.05, 0) is 31.5 Å². The highest BCUT2D eigenvalue weighted by Gasteiger charge is 2.34. The summed E-state index contributed by atoms with van der Waals surface area (Å²) in [7, 11) is 1.40. The van der Waals surface area contributed by atoms with Crippen LogP contribution in [0.3, 0.4) is 0 Å². The standard InChI is InChI=1S/C14H17F3N2O2/c1-8-11(5-6-21-8)19-13(20)9-3-4-12(18-2)10(7-9)14(15,16)17/h3-4,7-8,11,18H,5-6H2,1-2H3,(H,19,20). The zero-order valence-electron chi connectivity index (χ0n) is 11.8. The molecule has 1 fully saturated rings. The van der Waals surface area contributed by atoms with E-state index in [1.807, 2.05) is 6.92 Å². The van der Waals surface area contributed by atoms with E-state index in [1.54, 1.807) is 0 Å². The highest BCUT2D eigenvalue weighted by atomic mass is 19.4. The predicted molar refractivity (Wildman–Crippen MR) is 72.3 cm³/mol. The maximum Gasteiger partial charge on any atom is 0.418 e. The number of benzene rings is 1. The van der Waals surface area contributed by atoms with Gasteiger partial charge < -0.3 is 15.4 Å². The molecule has 2 N–H and O–H groups in total. The highest BCUT2D eigenvalue weighted by Crippen LogP contribution is 2.35. The Morgan fingerprint density at radius 3 is 2.62 bits per heavy atom. The lowest BCUT2D eigenvalue weighted by molar-refractivity contribution is -0.136. The van der Waals surface area contributed by atoms with Crippen molar-refractivity contribution in [1.82, 2.24) is 5.32 Å². The van der Waals surface area contributed by atoms with E-state index in [2.05, 4.69) is 10.6 Å². The first-order valence-corrected chi connectivity index (χ1v) is 6.64. The smallest absolute Gasteiger partial charge is 0.388 e. The Hall–Kier alpha value is -1.76.